The summed E-state index contributed by atoms with van der Waals surface area (Å²) in [5, 5.41) is 0. The van der Waals surface area contributed by atoms with Gasteiger partial charge in [-0.05, 0) is 58.3 Å². The molecule has 1 atom stereocenters. The Morgan fingerprint density at radius 1 is 1.21 bits per heavy atom. The maximum absolute atomic E-state index is 4.86. The Morgan fingerprint density at radius 2 is 1.96 bits per heavy atom. The lowest BCUT2D eigenvalue weighted by molar-refractivity contribution is 0.213. The van der Waals surface area contributed by atoms with Gasteiger partial charge < -0.3 is 9.80 Å². The normalized spacial score (nSPS) is 18.6. The van der Waals surface area contributed by atoms with Crippen molar-refractivity contribution in [3.63, 3.8) is 0 Å². The molecule has 0 N–H and O–H groups in total. The smallest absolute Gasteiger partial charge is 0.161 e. The van der Waals surface area contributed by atoms with E-state index in [0.717, 1.165) is 29.4 Å². The first-order valence-electron chi connectivity index (χ1n) is 8.70. The first-order valence-corrected chi connectivity index (χ1v) is 8.70. The number of likely N-dealkylation sites (tertiary alicyclic amines) is 1. The fraction of sp³-hybridized carbons (Fsp3) is 0.526. The quantitative estimate of drug-likeness (QED) is 0.865. The number of hydrogen-bond donors (Lipinski definition) is 0. The van der Waals surface area contributed by atoms with Crippen LogP contribution >= 0.6 is 0 Å². The van der Waals surface area contributed by atoms with Crippen molar-refractivity contribution in [2.45, 2.75) is 26.7 Å². The van der Waals surface area contributed by atoms with Crippen LogP contribution in [0.1, 0.15) is 24.1 Å². The number of pyridine rings is 1. The molecule has 1 saturated heterocycles. The van der Waals surface area contributed by atoms with E-state index in [0.29, 0.717) is 5.92 Å². The fourth-order valence-electron chi connectivity index (χ4n) is 3.51. The van der Waals surface area contributed by atoms with Crippen molar-refractivity contribution in [2.24, 2.45) is 5.92 Å². The van der Waals surface area contributed by atoms with Gasteiger partial charge in [0.2, 0.25) is 0 Å². The summed E-state index contributed by atoms with van der Waals surface area (Å²) >= 11 is 0. The third kappa shape index (κ3) is 3.73. The van der Waals surface area contributed by atoms with Gasteiger partial charge in [-0.1, -0.05) is 0 Å². The molecule has 0 aromatic carbocycles. The number of piperidine rings is 1. The number of nitrogens with zero attached hydrogens (tertiary/aromatic N) is 5. The van der Waals surface area contributed by atoms with Gasteiger partial charge in [0.25, 0.3) is 0 Å². The molecule has 1 aliphatic rings. The average molecular weight is 325 g/mol. The largest absolute Gasteiger partial charge is 0.359 e. The summed E-state index contributed by atoms with van der Waals surface area (Å²) in [6.45, 7) is 7.61. The topological polar surface area (TPSA) is 45.2 Å². The second kappa shape index (κ2) is 7.26. The first kappa shape index (κ1) is 16.8. The van der Waals surface area contributed by atoms with Crippen molar-refractivity contribution in [3.05, 3.63) is 35.8 Å². The maximum Gasteiger partial charge on any atom is 0.161 e. The van der Waals surface area contributed by atoms with Crippen LogP contribution < -0.4 is 4.90 Å². The molecule has 0 amide bonds. The van der Waals surface area contributed by atoms with Crippen LogP contribution in [0, 0.1) is 19.8 Å². The molecule has 5 nitrogen and oxygen atoms in total. The van der Waals surface area contributed by atoms with Crippen LogP contribution in [-0.4, -0.2) is 53.6 Å². The molecule has 3 rings (SSSR count). The van der Waals surface area contributed by atoms with E-state index in [-0.39, 0.29) is 0 Å². The zero-order valence-electron chi connectivity index (χ0n) is 15.2. The highest BCUT2D eigenvalue weighted by Crippen LogP contribution is 2.25. The number of aryl methyl sites for hydroxylation is 1. The van der Waals surface area contributed by atoms with Gasteiger partial charge in [0.05, 0.1) is 0 Å². The lowest BCUT2D eigenvalue weighted by Crippen LogP contribution is -2.38. The highest BCUT2D eigenvalue weighted by atomic mass is 15.2. The Labute approximate surface area is 144 Å². The van der Waals surface area contributed by atoms with Crippen molar-refractivity contribution < 1.29 is 0 Å². The third-order valence-electron chi connectivity index (χ3n) is 4.92. The van der Waals surface area contributed by atoms with Gasteiger partial charge in [0, 0.05) is 49.4 Å². The molecule has 0 bridgehead atoms. The summed E-state index contributed by atoms with van der Waals surface area (Å²) in [5.74, 6) is 2.53. The van der Waals surface area contributed by atoms with E-state index in [1.165, 1.54) is 31.5 Å². The monoisotopic (exact) mass is 325 g/mol. The Morgan fingerprint density at radius 3 is 2.67 bits per heavy atom. The summed E-state index contributed by atoms with van der Waals surface area (Å²) < 4.78 is 0. The lowest BCUT2D eigenvalue weighted by Gasteiger charge is -2.33. The van der Waals surface area contributed by atoms with Crippen molar-refractivity contribution >= 4 is 5.82 Å². The van der Waals surface area contributed by atoms with Crippen LogP contribution in [0.3, 0.4) is 0 Å². The molecule has 0 spiro atoms. The van der Waals surface area contributed by atoms with Crippen LogP contribution in [0.4, 0.5) is 5.82 Å². The zero-order chi connectivity index (χ0) is 17.1. The van der Waals surface area contributed by atoms with Crippen LogP contribution in [0.15, 0.2) is 24.5 Å². The maximum atomic E-state index is 4.86. The van der Waals surface area contributed by atoms with Gasteiger partial charge in [-0.15, -0.1) is 0 Å². The minimum Gasteiger partial charge on any atom is -0.359 e. The summed E-state index contributed by atoms with van der Waals surface area (Å²) in [6.07, 6.45) is 6.17. The lowest BCUT2D eigenvalue weighted by atomic mass is 9.98. The van der Waals surface area contributed by atoms with Gasteiger partial charge in [-0.25, -0.2) is 9.97 Å². The third-order valence-corrected chi connectivity index (χ3v) is 4.92. The molecule has 2 aromatic heterocycles. The standard InChI is InChI=1S/C19H27N5/c1-14-15(2)21-18(17-7-9-20-10-8-17)22-19(14)24(4)13-16-6-5-11-23(3)12-16/h7-10,16H,5-6,11-13H2,1-4H3. The molecule has 0 aliphatic carbocycles. The minimum atomic E-state index is 0.702. The fourth-order valence-corrected chi connectivity index (χ4v) is 3.51. The molecule has 1 fully saturated rings. The molecule has 5 heteroatoms. The van der Waals surface area contributed by atoms with E-state index in [4.69, 9.17) is 4.98 Å². The van der Waals surface area contributed by atoms with E-state index in [1.807, 2.05) is 12.1 Å². The zero-order valence-corrected chi connectivity index (χ0v) is 15.2. The highest BCUT2D eigenvalue weighted by Gasteiger charge is 2.21. The predicted molar refractivity (Wildman–Crippen MR) is 98.2 cm³/mol. The van der Waals surface area contributed by atoms with E-state index in [2.05, 4.69) is 47.7 Å². The Kier molecular flexibility index (Phi) is 5.09. The SMILES string of the molecule is Cc1nc(-c2ccncc2)nc(N(C)CC2CCCN(C)C2)c1C. The highest BCUT2D eigenvalue weighted by molar-refractivity contribution is 5.59. The molecule has 3 heterocycles. The minimum absolute atomic E-state index is 0.702. The summed E-state index contributed by atoms with van der Waals surface area (Å²) in [5.41, 5.74) is 3.22. The molecular formula is C19H27N5. The molecule has 0 radical (unpaired) electrons. The summed E-state index contributed by atoms with van der Waals surface area (Å²) in [6, 6.07) is 3.92. The van der Waals surface area contributed by atoms with Crippen LogP contribution in [0.5, 0.6) is 0 Å². The number of aromatic nitrogens is 3. The molecule has 2 aromatic rings. The van der Waals surface area contributed by atoms with E-state index >= 15 is 0 Å². The van der Waals surface area contributed by atoms with Gasteiger partial charge in [-0.3, -0.25) is 4.98 Å². The van der Waals surface area contributed by atoms with Gasteiger partial charge in [-0.2, -0.15) is 0 Å². The Bertz CT molecular complexity index is 686. The molecule has 1 unspecified atom stereocenters. The van der Waals surface area contributed by atoms with Crippen molar-refractivity contribution in [1.29, 1.82) is 0 Å². The Hall–Kier alpha value is -2.01. The molecule has 24 heavy (non-hydrogen) atoms. The average Bonchev–Trinajstić information content (AvgIpc) is 2.58. The van der Waals surface area contributed by atoms with E-state index in [9.17, 15) is 0 Å². The van der Waals surface area contributed by atoms with Crippen LogP contribution in [-0.2, 0) is 0 Å². The molecular weight excluding hydrogens is 298 g/mol. The number of rotatable bonds is 4. The van der Waals surface area contributed by atoms with Crippen molar-refractivity contribution in [2.75, 3.05) is 38.6 Å². The Balaban J connectivity index is 1.85. The second-order valence-electron chi connectivity index (χ2n) is 6.97. The van der Waals surface area contributed by atoms with Gasteiger partial charge in [0.1, 0.15) is 5.82 Å². The van der Waals surface area contributed by atoms with E-state index < -0.39 is 0 Å². The van der Waals surface area contributed by atoms with Gasteiger partial charge in [0.15, 0.2) is 5.82 Å². The summed E-state index contributed by atoms with van der Waals surface area (Å²) in [4.78, 5) is 18.4. The molecule has 0 saturated carbocycles. The van der Waals surface area contributed by atoms with Gasteiger partial charge >= 0.3 is 0 Å². The van der Waals surface area contributed by atoms with Crippen molar-refractivity contribution in [3.8, 4) is 11.4 Å². The molecule has 128 valence electrons. The second-order valence-corrected chi connectivity index (χ2v) is 6.97. The predicted octanol–water partition coefficient (Wildman–Crippen LogP) is 2.93. The molecule has 1 aliphatic heterocycles. The number of hydrogen-bond acceptors (Lipinski definition) is 5. The summed E-state index contributed by atoms with van der Waals surface area (Å²) in [7, 11) is 4.37. The number of anilines is 1. The van der Waals surface area contributed by atoms with Crippen molar-refractivity contribution in [1.82, 2.24) is 19.9 Å². The first-order chi connectivity index (χ1) is 11.5. The van der Waals surface area contributed by atoms with Crippen LogP contribution in [0.2, 0.25) is 0 Å². The van der Waals surface area contributed by atoms with E-state index in [1.54, 1.807) is 12.4 Å². The van der Waals surface area contributed by atoms with Crippen LogP contribution in [0.25, 0.3) is 11.4 Å².